The van der Waals surface area contributed by atoms with Gasteiger partial charge in [0, 0.05) is 21.9 Å². The molecule has 0 aromatic heterocycles. The van der Waals surface area contributed by atoms with Crippen LogP contribution in [-0.2, 0) is 22.7 Å². The van der Waals surface area contributed by atoms with Gasteiger partial charge < -0.3 is 23.7 Å². The molecular weight excluding hydrogens is 532 g/mol. The Morgan fingerprint density at radius 1 is 0.575 bits per heavy atom. The standard InChI is InChI=1S/C32H23ClO7/c33-24-16-17-26-27(18-24)28(39-31(34)36-20-22-10-4-1-5-11-22)19-29(38-25-14-8-3-9-15-25)30(26)40-32(35)37-21-23-12-6-2-7-13-23/h1-19H,20-21H2. The van der Waals surface area contributed by atoms with Crippen molar-refractivity contribution in [2.75, 3.05) is 0 Å². The van der Waals surface area contributed by atoms with E-state index in [1.807, 2.05) is 66.7 Å². The molecule has 0 radical (unpaired) electrons. The van der Waals surface area contributed by atoms with Crippen LogP contribution in [0.4, 0.5) is 9.59 Å². The van der Waals surface area contributed by atoms with Gasteiger partial charge in [-0.25, -0.2) is 9.59 Å². The van der Waals surface area contributed by atoms with Crippen LogP contribution in [0, 0.1) is 0 Å². The highest BCUT2D eigenvalue weighted by atomic mass is 35.5. The molecule has 0 bridgehead atoms. The molecule has 5 rings (SSSR count). The number of fused-ring (bicyclic) bond motifs is 1. The summed E-state index contributed by atoms with van der Waals surface area (Å²) in [5, 5.41) is 1.18. The number of hydrogen-bond acceptors (Lipinski definition) is 7. The van der Waals surface area contributed by atoms with Crippen molar-refractivity contribution in [1.82, 2.24) is 0 Å². The largest absolute Gasteiger partial charge is 0.514 e. The maximum atomic E-state index is 12.8. The van der Waals surface area contributed by atoms with Gasteiger partial charge in [-0.2, -0.15) is 0 Å². The number of carbonyl (C=O) groups excluding carboxylic acids is 2. The number of rotatable bonds is 8. The molecule has 0 heterocycles. The third-order valence-electron chi connectivity index (χ3n) is 5.73. The Bertz CT molecular complexity index is 1610. The zero-order valence-electron chi connectivity index (χ0n) is 21.1. The summed E-state index contributed by atoms with van der Waals surface area (Å²) >= 11 is 6.28. The third-order valence-corrected chi connectivity index (χ3v) is 5.96. The summed E-state index contributed by atoms with van der Waals surface area (Å²) in [6.07, 6.45) is -1.86. The van der Waals surface area contributed by atoms with Gasteiger partial charge in [-0.3, -0.25) is 0 Å². The van der Waals surface area contributed by atoms with Gasteiger partial charge in [0.2, 0.25) is 0 Å². The van der Waals surface area contributed by atoms with Crippen molar-refractivity contribution < 1.29 is 33.3 Å². The van der Waals surface area contributed by atoms with E-state index in [0.29, 0.717) is 21.5 Å². The fourth-order valence-corrected chi connectivity index (χ4v) is 4.03. The molecular formula is C32H23ClO7. The van der Waals surface area contributed by atoms with Gasteiger partial charge in [-0.05, 0) is 41.5 Å². The van der Waals surface area contributed by atoms with E-state index in [1.165, 1.54) is 6.07 Å². The smallest absolute Gasteiger partial charge is 0.453 e. The van der Waals surface area contributed by atoms with Crippen molar-refractivity contribution in [3.63, 3.8) is 0 Å². The van der Waals surface area contributed by atoms with Gasteiger partial charge in [-0.1, -0.05) is 90.5 Å². The highest BCUT2D eigenvalue weighted by molar-refractivity contribution is 6.31. The Morgan fingerprint density at radius 2 is 1.12 bits per heavy atom. The molecule has 0 saturated heterocycles. The zero-order chi connectivity index (χ0) is 27.7. The van der Waals surface area contributed by atoms with E-state index >= 15 is 0 Å². The number of benzene rings is 5. The summed E-state index contributed by atoms with van der Waals surface area (Å²) in [7, 11) is 0. The Labute approximate surface area is 235 Å². The number of para-hydroxylation sites is 1. The maximum Gasteiger partial charge on any atom is 0.514 e. The molecule has 8 heteroatoms. The molecule has 0 aliphatic heterocycles. The fourth-order valence-electron chi connectivity index (χ4n) is 3.86. The van der Waals surface area contributed by atoms with E-state index < -0.39 is 12.3 Å². The lowest BCUT2D eigenvalue weighted by Crippen LogP contribution is -2.13. The van der Waals surface area contributed by atoms with E-state index in [0.717, 1.165) is 11.1 Å². The molecule has 200 valence electrons. The normalized spacial score (nSPS) is 10.5. The van der Waals surface area contributed by atoms with Crippen molar-refractivity contribution >= 4 is 34.7 Å². The Hall–Kier alpha value is -5.01. The molecule has 0 saturated carbocycles. The van der Waals surface area contributed by atoms with Gasteiger partial charge >= 0.3 is 12.3 Å². The molecule has 0 atom stereocenters. The molecule has 0 N–H and O–H groups in total. The molecule has 0 aliphatic carbocycles. The summed E-state index contributed by atoms with van der Waals surface area (Å²) in [6.45, 7) is 0.0486. The van der Waals surface area contributed by atoms with E-state index in [4.69, 9.17) is 35.3 Å². The Morgan fingerprint density at radius 3 is 1.73 bits per heavy atom. The van der Waals surface area contributed by atoms with E-state index in [1.54, 1.807) is 42.5 Å². The third kappa shape index (κ3) is 6.89. The lowest BCUT2D eigenvalue weighted by molar-refractivity contribution is 0.0907. The Kier molecular flexibility index (Phi) is 8.44. The molecule has 5 aromatic carbocycles. The van der Waals surface area contributed by atoms with Gasteiger partial charge in [0.15, 0.2) is 11.5 Å². The Balaban J connectivity index is 1.46. The minimum absolute atomic E-state index is 0.0206. The molecule has 0 unspecified atom stereocenters. The first-order valence-corrected chi connectivity index (χ1v) is 12.7. The number of halogens is 1. The molecule has 0 amide bonds. The number of ether oxygens (including phenoxy) is 5. The van der Waals surface area contributed by atoms with E-state index in [9.17, 15) is 9.59 Å². The van der Waals surface area contributed by atoms with Crippen LogP contribution in [0.25, 0.3) is 10.8 Å². The average Bonchev–Trinajstić information content (AvgIpc) is 2.98. The molecule has 0 fully saturated rings. The summed E-state index contributed by atoms with van der Waals surface area (Å²) in [6, 6.07) is 33.6. The monoisotopic (exact) mass is 554 g/mol. The highest BCUT2D eigenvalue weighted by Gasteiger charge is 2.22. The summed E-state index contributed by atoms with van der Waals surface area (Å²) in [4.78, 5) is 25.4. The molecule has 0 spiro atoms. The highest BCUT2D eigenvalue weighted by Crippen LogP contribution is 2.44. The van der Waals surface area contributed by atoms with Gasteiger partial charge in [0.25, 0.3) is 0 Å². The van der Waals surface area contributed by atoms with E-state index in [-0.39, 0.29) is 30.5 Å². The van der Waals surface area contributed by atoms with Crippen LogP contribution in [0.1, 0.15) is 11.1 Å². The van der Waals surface area contributed by atoms with Crippen LogP contribution in [0.5, 0.6) is 23.0 Å². The van der Waals surface area contributed by atoms with Crippen LogP contribution < -0.4 is 14.2 Å². The van der Waals surface area contributed by atoms with Crippen molar-refractivity contribution in [2.45, 2.75) is 13.2 Å². The van der Waals surface area contributed by atoms with E-state index in [2.05, 4.69) is 0 Å². The summed E-state index contributed by atoms with van der Waals surface area (Å²) < 4.78 is 27.9. The first-order valence-electron chi connectivity index (χ1n) is 12.3. The zero-order valence-corrected chi connectivity index (χ0v) is 21.9. The van der Waals surface area contributed by atoms with Crippen molar-refractivity contribution in [2.24, 2.45) is 0 Å². The van der Waals surface area contributed by atoms with Gasteiger partial charge in [0.1, 0.15) is 24.7 Å². The van der Waals surface area contributed by atoms with Crippen molar-refractivity contribution in [3.05, 3.63) is 131 Å². The predicted molar refractivity (Wildman–Crippen MR) is 150 cm³/mol. The molecule has 7 nitrogen and oxygen atoms in total. The summed E-state index contributed by atoms with van der Waals surface area (Å²) in [5.41, 5.74) is 1.60. The van der Waals surface area contributed by atoms with Crippen LogP contribution in [0.2, 0.25) is 5.02 Å². The van der Waals surface area contributed by atoms with Gasteiger partial charge in [-0.15, -0.1) is 0 Å². The fraction of sp³-hybridized carbons (Fsp3) is 0.0625. The first-order chi connectivity index (χ1) is 19.5. The van der Waals surface area contributed by atoms with Crippen molar-refractivity contribution in [3.8, 4) is 23.0 Å². The minimum Gasteiger partial charge on any atom is -0.453 e. The second-order valence-electron chi connectivity index (χ2n) is 8.56. The minimum atomic E-state index is -0.936. The second kappa shape index (κ2) is 12.7. The topological polar surface area (TPSA) is 80.3 Å². The molecule has 5 aromatic rings. The number of hydrogen-bond donors (Lipinski definition) is 0. The molecule has 40 heavy (non-hydrogen) atoms. The second-order valence-corrected chi connectivity index (χ2v) is 9.00. The number of carbonyl (C=O) groups is 2. The predicted octanol–water partition coefficient (Wildman–Crippen LogP) is 8.72. The van der Waals surface area contributed by atoms with Crippen LogP contribution in [0.3, 0.4) is 0 Å². The first kappa shape index (κ1) is 26.6. The van der Waals surface area contributed by atoms with Crippen LogP contribution in [-0.4, -0.2) is 12.3 Å². The van der Waals surface area contributed by atoms with Crippen molar-refractivity contribution in [1.29, 1.82) is 0 Å². The SMILES string of the molecule is O=C(OCc1ccccc1)Oc1cc(Oc2ccccc2)c(OC(=O)OCc2ccccc2)c2ccc(Cl)cc12. The molecule has 0 aliphatic rings. The lowest BCUT2D eigenvalue weighted by Gasteiger charge is -2.17. The van der Waals surface area contributed by atoms with Gasteiger partial charge in [0.05, 0.1) is 0 Å². The summed E-state index contributed by atoms with van der Waals surface area (Å²) in [5.74, 6) is 0.754. The lowest BCUT2D eigenvalue weighted by atomic mass is 10.1. The van der Waals surface area contributed by atoms with Crippen LogP contribution >= 0.6 is 11.6 Å². The average molecular weight is 555 g/mol. The quantitative estimate of drug-likeness (QED) is 0.140. The maximum absolute atomic E-state index is 12.8. The van der Waals surface area contributed by atoms with Crippen LogP contribution in [0.15, 0.2) is 115 Å².